The minimum atomic E-state index is -0.208. The average Bonchev–Trinajstić information content (AvgIpc) is 2.11. The van der Waals surface area contributed by atoms with Gasteiger partial charge < -0.3 is 4.90 Å². The second kappa shape index (κ2) is 6.86. The van der Waals surface area contributed by atoms with Crippen LogP contribution in [0.4, 0.5) is 0 Å². The topological polar surface area (TPSA) is 49.8 Å². The van der Waals surface area contributed by atoms with Crippen LogP contribution in [0.25, 0.3) is 0 Å². The van der Waals surface area contributed by atoms with Crippen molar-refractivity contribution < 1.29 is 14.9 Å². The molecule has 13 heavy (non-hydrogen) atoms. The molecule has 0 radical (unpaired) electrons. The molecule has 0 bridgehead atoms. The summed E-state index contributed by atoms with van der Waals surface area (Å²) in [5, 5.41) is 8.30. The van der Waals surface area contributed by atoms with Gasteiger partial charge >= 0.3 is 0 Å². The second-order valence-corrected chi connectivity index (χ2v) is 3.37. The van der Waals surface area contributed by atoms with E-state index < -0.39 is 0 Å². The summed E-state index contributed by atoms with van der Waals surface area (Å²) in [5.41, 5.74) is 0. The fourth-order valence-electron chi connectivity index (χ4n) is 1.18. The predicted octanol–water partition coefficient (Wildman–Crippen LogP) is 1.37. The molecule has 1 amide bonds. The summed E-state index contributed by atoms with van der Waals surface area (Å²) in [6.07, 6.45) is 2.80. The molecule has 1 unspecified atom stereocenters. The van der Waals surface area contributed by atoms with Crippen LogP contribution >= 0.6 is 0 Å². The SMILES string of the molecule is CCCCC(COO)C(=O)N(C)C. The Kier molecular flexibility index (Phi) is 6.54. The minimum Gasteiger partial charge on any atom is -0.349 e. The van der Waals surface area contributed by atoms with Gasteiger partial charge in [-0.25, -0.2) is 4.89 Å². The van der Waals surface area contributed by atoms with Gasteiger partial charge in [0.1, 0.15) is 0 Å². The van der Waals surface area contributed by atoms with E-state index in [2.05, 4.69) is 11.8 Å². The van der Waals surface area contributed by atoms with Crippen LogP contribution < -0.4 is 0 Å². The number of unbranched alkanes of at least 4 members (excludes halogenated alkanes) is 1. The first-order chi connectivity index (χ1) is 6.13. The van der Waals surface area contributed by atoms with Crippen LogP contribution in [0.3, 0.4) is 0 Å². The third-order valence-electron chi connectivity index (χ3n) is 1.97. The maximum absolute atomic E-state index is 11.5. The first-order valence-electron chi connectivity index (χ1n) is 4.61. The van der Waals surface area contributed by atoms with Gasteiger partial charge in [0.25, 0.3) is 0 Å². The summed E-state index contributed by atoms with van der Waals surface area (Å²) in [7, 11) is 3.41. The molecule has 0 fully saturated rings. The van der Waals surface area contributed by atoms with E-state index in [-0.39, 0.29) is 18.4 Å². The van der Waals surface area contributed by atoms with Crippen LogP contribution in [0.1, 0.15) is 26.2 Å². The smallest absolute Gasteiger partial charge is 0.227 e. The number of carbonyl (C=O) groups excluding carboxylic acids is 1. The molecule has 0 aromatic carbocycles. The highest BCUT2D eigenvalue weighted by atomic mass is 17.1. The van der Waals surface area contributed by atoms with Gasteiger partial charge in [-0.2, -0.15) is 0 Å². The van der Waals surface area contributed by atoms with E-state index in [9.17, 15) is 4.79 Å². The predicted molar refractivity (Wildman–Crippen MR) is 50.3 cm³/mol. The minimum absolute atomic E-state index is 0.0162. The monoisotopic (exact) mass is 189 g/mol. The molecule has 0 heterocycles. The van der Waals surface area contributed by atoms with Crippen molar-refractivity contribution in [2.45, 2.75) is 26.2 Å². The summed E-state index contributed by atoms with van der Waals surface area (Å²) in [4.78, 5) is 17.0. The van der Waals surface area contributed by atoms with E-state index in [1.165, 1.54) is 4.90 Å². The zero-order valence-corrected chi connectivity index (χ0v) is 8.62. The van der Waals surface area contributed by atoms with Gasteiger partial charge in [0.2, 0.25) is 5.91 Å². The fraction of sp³-hybridized carbons (Fsp3) is 0.889. The Morgan fingerprint density at radius 2 is 2.15 bits per heavy atom. The molecule has 0 aromatic rings. The van der Waals surface area contributed by atoms with Crippen LogP contribution in [0.2, 0.25) is 0 Å². The number of hydrogen-bond acceptors (Lipinski definition) is 3. The number of carbonyl (C=O) groups is 1. The van der Waals surface area contributed by atoms with Gasteiger partial charge in [-0.1, -0.05) is 19.8 Å². The Morgan fingerprint density at radius 3 is 2.54 bits per heavy atom. The standard InChI is InChI=1S/C9H19NO3/c1-4-5-6-8(7-13-12)9(11)10(2)3/h8,12H,4-7H2,1-3H3. The van der Waals surface area contributed by atoms with Crippen molar-refractivity contribution in [1.29, 1.82) is 0 Å². The molecule has 0 spiro atoms. The van der Waals surface area contributed by atoms with Crippen LogP contribution in [0.15, 0.2) is 0 Å². The molecule has 0 aromatic heterocycles. The molecule has 4 nitrogen and oxygen atoms in total. The van der Waals surface area contributed by atoms with Gasteiger partial charge in [0.15, 0.2) is 0 Å². The van der Waals surface area contributed by atoms with Crippen LogP contribution in [-0.2, 0) is 9.68 Å². The van der Waals surface area contributed by atoms with Gasteiger partial charge in [-0.15, -0.1) is 0 Å². The lowest BCUT2D eigenvalue weighted by molar-refractivity contribution is -0.250. The van der Waals surface area contributed by atoms with Crippen molar-refractivity contribution in [1.82, 2.24) is 4.90 Å². The van der Waals surface area contributed by atoms with E-state index in [0.29, 0.717) is 0 Å². The van der Waals surface area contributed by atoms with Crippen LogP contribution in [-0.4, -0.2) is 36.8 Å². The summed E-state index contributed by atoms with van der Waals surface area (Å²) in [6, 6.07) is 0. The van der Waals surface area contributed by atoms with E-state index in [4.69, 9.17) is 5.26 Å². The Balaban J connectivity index is 3.99. The quantitative estimate of drug-likeness (QED) is 0.507. The molecular formula is C9H19NO3. The van der Waals surface area contributed by atoms with E-state index in [1.54, 1.807) is 14.1 Å². The average molecular weight is 189 g/mol. The zero-order valence-electron chi connectivity index (χ0n) is 8.62. The van der Waals surface area contributed by atoms with Crippen molar-refractivity contribution in [3.05, 3.63) is 0 Å². The lowest BCUT2D eigenvalue weighted by Crippen LogP contribution is -2.32. The Bertz CT molecular complexity index is 148. The van der Waals surface area contributed by atoms with Gasteiger partial charge in [-0.05, 0) is 6.42 Å². The molecule has 0 rings (SSSR count). The molecule has 1 N–H and O–H groups in total. The summed E-state index contributed by atoms with van der Waals surface area (Å²) >= 11 is 0. The third kappa shape index (κ3) is 4.85. The molecule has 0 aliphatic rings. The number of nitrogens with zero attached hydrogens (tertiary/aromatic N) is 1. The van der Waals surface area contributed by atoms with Crippen LogP contribution in [0.5, 0.6) is 0 Å². The molecule has 4 heteroatoms. The number of hydrogen-bond donors (Lipinski definition) is 1. The maximum Gasteiger partial charge on any atom is 0.227 e. The van der Waals surface area contributed by atoms with Crippen LogP contribution in [0, 0.1) is 5.92 Å². The highest BCUT2D eigenvalue weighted by Crippen LogP contribution is 2.11. The first kappa shape index (κ1) is 12.4. The molecular weight excluding hydrogens is 170 g/mol. The van der Waals surface area contributed by atoms with Gasteiger partial charge in [0.05, 0.1) is 12.5 Å². The molecule has 0 saturated heterocycles. The molecule has 1 atom stereocenters. The number of rotatable bonds is 6. The highest BCUT2D eigenvalue weighted by Gasteiger charge is 2.19. The summed E-state index contributed by atoms with van der Waals surface area (Å²) in [5.74, 6) is -0.192. The Morgan fingerprint density at radius 1 is 1.54 bits per heavy atom. The van der Waals surface area contributed by atoms with Crippen molar-refractivity contribution >= 4 is 5.91 Å². The normalized spacial score (nSPS) is 12.6. The van der Waals surface area contributed by atoms with Crippen molar-refractivity contribution in [2.75, 3.05) is 20.7 Å². The second-order valence-electron chi connectivity index (χ2n) is 3.37. The van der Waals surface area contributed by atoms with Crippen molar-refractivity contribution in [3.63, 3.8) is 0 Å². The molecule has 0 aliphatic carbocycles. The fourth-order valence-corrected chi connectivity index (χ4v) is 1.18. The maximum atomic E-state index is 11.5. The molecule has 0 saturated carbocycles. The van der Waals surface area contributed by atoms with Crippen molar-refractivity contribution in [2.24, 2.45) is 5.92 Å². The number of amides is 1. The van der Waals surface area contributed by atoms with Crippen molar-refractivity contribution in [3.8, 4) is 0 Å². The lowest BCUT2D eigenvalue weighted by atomic mass is 10.0. The first-order valence-corrected chi connectivity index (χ1v) is 4.61. The largest absolute Gasteiger partial charge is 0.349 e. The van der Waals surface area contributed by atoms with Gasteiger partial charge in [0, 0.05) is 14.1 Å². The van der Waals surface area contributed by atoms with E-state index >= 15 is 0 Å². The summed E-state index contributed by atoms with van der Waals surface area (Å²) in [6.45, 7) is 2.16. The highest BCUT2D eigenvalue weighted by molar-refractivity contribution is 5.78. The van der Waals surface area contributed by atoms with E-state index in [0.717, 1.165) is 19.3 Å². The lowest BCUT2D eigenvalue weighted by Gasteiger charge is -2.18. The summed E-state index contributed by atoms with van der Waals surface area (Å²) < 4.78 is 0. The molecule has 0 aliphatic heterocycles. The third-order valence-corrected chi connectivity index (χ3v) is 1.97. The Labute approximate surface area is 79.4 Å². The Hall–Kier alpha value is -0.610. The van der Waals surface area contributed by atoms with E-state index in [1.807, 2.05) is 0 Å². The van der Waals surface area contributed by atoms with Gasteiger partial charge in [-0.3, -0.25) is 10.1 Å². The molecule has 78 valence electrons. The zero-order chi connectivity index (χ0) is 10.3.